The maximum atomic E-state index is 12.6. The molecule has 4 nitrogen and oxygen atoms in total. The summed E-state index contributed by atoms with van der Waals surface area (Å²) in [5.41, 5.74) is 0. The lowest BCUT2D eigenvalue weighted by Crippen LogP contribution is -2.45. The minimum atomic E-state index is -3.03. The maximum Gasteiger partial charge on any atom is 0.216 e. The van der Waals surface area contributed by atoms with Crippen molar-refractivity contribution in [1.82, 2.24) is 9.62 Å². The van der Waals surface area contributed by atoms with Crippen molar-refractivity contribution in [3.05, 3.63) is 0 Å². The predicted molar refractivity (Wildman–Crippen MR) is 83.2 cm³/mol. The van der Waals surface area contributed by atoms with Crippen molar-refractivity contribution in [2.45, 2.75) is 70.1 Å². The highest BCUT2D eigenvalue weighted by Gasteiger charge is 2.34. The summed E-state index contributed by atoms with van der Waals surface area (Å²) in [6.45, 7) is 6.78. The quantitative estimate of drug-likeness (QED) is 0.848. The molecule has 118 valence electrons. The first kappa shape index (κ1) is 16.2. The fourth-order valence-corrected chi connectivity index (χ4v) is 5.41. The van der Waals surface area contributed by atoms with Gasteiger partial charge in [-0.15, -0.1) is 0 Å². The highest BCUT2D eigenvalue weighted by Crippen LogP contribution is 2.28. The van der Waals surface area contributed by atoms with Crippen molar-refractivity contribution in [2.75, 3.05) is 19.6 Å². The van der Waals surface area contributed by atoms with E-state index in [2.05, 4.69) is 19.2 Å². The average molecular weight is 302 g/mol. The molecule has 1 saturated carbocycles. The molecule has 0 bridgehead atoms. The van der Waals surface area contributed by atoms with Gasteiger partial charge in [0.15, 0.2) is 0 Å². The standard InChI is InChI=1S/C15H30N2O2S/c1-13(2)16-12-14-8-10-17(11-9-14)20(18,19)15-6-4-3-5-7-15/h13-16H,3-12H2,1-2H3. The Bertz CT molecular complexity index is 381. The average Bonchev–Trinajstić information content (AvgIpc) is 2.46. The van der Waals surface area contributed by atoms with Crippen LogP contribution in [-0.2, 0) is 10.0 Å². The second-order valence-corrected chi connectivity index (χ2v) is 8.92. The molecule has 2 rings (SSSR count). The Morgan fingerprint density at radius 1 is 1.05 bits per heavy atom. The molecule has 2 fully saturated rings. The molecule has 1 heterocycles. The molecule has 0 spiro atoms. The van der Waals surface area contributed by atoms with Crippen molar-refractivity contribution in [2.24, 2.45) is 5.92 Å². The summed E-state index contributed by atoms with van der Waals surface area (Å²) in [4.78, 5) is 0. The highest BCUT2D eigenvalue weighted by molar-refractivity contribution is 7.89. The van der Waals surface area contributed by atoms with Crippen LogP contribution in [0.5, 0.6) is 0 Å². The summed E-state index contributed by atoms with van der Waals surface area (Å²) in [7, 11) is -3.03. The van der Waals surface area contributed by atoms with E-state index in [9.17, 15) is 8.42 Å². The van der Waals surface area contributed by atoms with Crippen molar-refractivity contribution in [3.8, 4) is 0 Å². The zero-order valence-electron chi connectivity index (χ0n) is 13.0. The Balaban J connectivity index is 1.83. The number of nitrogens with zero attached hydrogens (tertiary/aromatic N) is 1. The minimum Gasteiger partial charge on any atom is -0.314 e. The van der Waals surface area contributed by atoms with E-state index in [1.165, 1.54) is 6.42 Å². The molecular weight excluding hydrogens is 272 g/mol. The topological polar surface area (TPSA) is 49.4 Å². The van der Waals surface area contributed by atoms with Gasteiger partial charge in [0.05, 0.1) is 5.25 Å². The summed E-state index contributed by atoms with van der Waals surface area (Å²) in [6.07, 6.45) is 7.12. The van der Waals surface area contributed by atoms with Gasteiger partial charge in [-0.2, -0.15) is 0 Å². The molecule has 1 saturated heterocycles. The SMILES string of the molecule is CC(C)NCC1CCN(S(=O)(=O)C2CCCCC2)CC1. The third kappa shape index (κ3) is 4.18. The summed E-state index contributed by atoms with van der Waals surface area (Å²) in [5, 5.41) is 3.37. The van der Waals surface area contributed by atoms with Gasteiger partial charge in [-0.05, 0) is 38.1 Å². The summed E-state index contributed by atoms with van der Waals surface area (Å²) in [6, 6.07) is 0.513. The van der Waals surface area contributed by atoms with Crippen molar-refractivity contribution < 1.29 is 8.42 Å². The third-order valence-electron chi connectivity index (χ3n) is 4.72. The smallest absolute Gasteiger partial charge is 0.216 e. The van der Waals surface area contributed by atoms with Crippen LogP contribution in [0.4, 0.5) is 0 Å². The van der Waals surface area contributed by atoms with E-state index in [4.69, 9.17) is 0 Å². The second-order valence-electron chi connectivity index (χ2n) is 6.71. The Hall–Kier alpha value is -0.130. The van der Waals surface area contributed by atoms with Crippen molar-refractivity contribution in [1.29, 1.82) is 0 Å². The molecule has 0 amide bonds. The van der Waals surface area contributed by atoms with Crippen molar-refractivity contribution in [3.63, 3.8) is 0 Å². The fraction of sp³-hybridized carbons (Fsp3) is 1.00. The van der Waals surface area contributed by atoms with E-state index < -0.39 is 10.0 Å². The predicted octanol–water partition coefficient (Wildman–Crippen LogP) is 2.36. The van der Waals surface area contributed by atoms with Gasteiger partial charge in [-0.25, -0.2) is 12.7 Å². The third-order valence-corrected chi connectivity index (χ3v) is 7.12. The van der Waals surface area contributed by atoms with Crippen molar-refractivity contribution >= 4 is 10.0 Å². The molecule has 2 aliphatic rings. The van der Waals surface area contributed by atoms with E-state index in [0.29, 0.717) is 12.0 Å². The Morgan fingerprint density at radius 2 is 1.65 bits per heavy atom. The molecule has 1 aliphatic carbocycles. The second kappa shape index (κ2) is 7.23. The first-order valence-corrected chi connectivity index (χ1v) is 9.73. The van der Waals surface area contributed by atoms with E-state index in [1.807, 2.05) is 0 Å². The van der Waals surface area contributed by atoms with E-state index in [-0.39, 0.29) is 5.25 Å². The maximum absolute atomic E-state index is 12.6. The molecule has 5 heteroatoms. The van der Waals surface area contributed by atoms with Gasteiger partial charge in [-0.1, -0.05) is 33.1 Å². The first-order valence-electron chi connectivity index (χ1n) is 8.22. The fourth-order valence-electron chi connectivity index (χ4n) is 3.34. The Morgan fingerprint density at radius 3 is 2.20 bits per heavy atom. The van der Waals surface area contributed by atoms with Gasteiger partial charge in [0.2, 0.25) is 10.0 Å². The van der Waals surface area contributed by atoms with Crippen LogP contribution in [0.3, 0.4) is 0 Å². The van der Waals surface area contributed by atoms with Gasteiger partial charge in [0, 0.05) is 19.1 Å². The van der Waals surface area contributed by atoms with Gasteiger partial charge < -0.3 is 5.32 Å². The van der Waals surface area contributed by atoms with Crippen LogP contribution in [0, 0.1) is 5.92 Å². The molecule has 0 radical (unpaired) electrons. The first-order chi connectivity index (χ1) is 9.50. The Labute approximate surface area is 124 Å². The minimum absolute atomic E-state index is 0.0958. The van der Waals surface area contributed by atoms with Crippen LogP contribution in [0.2, 0.25) is 0 Å². The largest absolute Gasteiger partial charge is 0.314 e. The molecular formula is C15H30N2O2S. The monoisotopic (exact) mass is 302 g/mol. The Kier molecular flexibility index (Phi) is 5.87. The zero-order chi connectivity index (χ0) is 14.6. The van der Waals surface area contributed by atoms with Crippen LogP contribution in [-0.4, -0.2) is 43.6 Å². The lowest BCUT2D eigenvalue weighted by atomic mass is 9.98. The number of nitrogens with one attached hydrogen (secondary N) is 1. The lowest BCUT2D eigenvalue weighted by Gasteiger charge is -2.35. The molecule has 0 aromatic heterocycles. The van der Waals surface area contributed by atoms with Gasteiger partial charge >= 0.3 is 0 Å². The summed E-state index contributed by atoms with van der Waals surface area (Å²) < 4.78 is 27.0. The molecule has 0 unspecified atom stereocenters. The molecule has 20 heavy (non-hydrogen) atoms. The number of piperidine rings is 1. The zero-order valence-corrected chi connectivity index (χ0v) is 13.8. The summed E-state index contributed by atoms with van der Waals surface area (Å²) in [5.74, 6) is 0.634. The van der Waals surface area contributed by atoms with Gasteiger partial charge in [-0.3, -0.25) is 0 Å². The molecule has 0 aromatic carbocycles. The number of hydrogen-bond acceptors (Lipinski definition) is 3. The molecule has 0 aromatic rings. The van der Waals surface area contributed by atoms with Crippen LogP contribution < -0.4 is 5.32 Å². The van der Waals surface area contributed by atoms with Crippen LogP contribution >= 0.6 is 0 Å². The highest BCUT2D eigenvalue weighted by atomic mass is 32.2. The number of hydrogen-bond donors (Lipinski definition) is 1. The molecule has 1 aliphatic heterocycles. The molecule has 0 atom stereocenters. The number of sulfonamides is 1. The van der Waals surface area contributed by atoms with E-state index >= 15 is 0 Å². The van der Waals surface area contributed by atoms with E-state index in [1.54, 1.807) is 4.31 Å². The van der Waals surface area contributed by atoms with Crippen LogP contribution in [0.25, 0.3) is 0 Å². The van der Waals surface area contributed by atoms with E-state index in [0.717, 1.165) is 58.2 Å². The van der Waals surface area contributed by atoms with Crippen LogP contribution in [0.15, 0.2) is 0 Å². The summed E-state index contributed by atoms with van der Waals surface area (Å²) >= 11 is 0. The van der Waals surface area contributed by atoms with Crippen LogP contribution in [0.1, 0.15) is 58.8 Å². The lowest BCUT2D eigenvalue weighted by molar-refractivity contribution is 0.259. The normalized spacial score (nSPS) is 24.4. The molecule has 1 N–H and O–H groups in total. The van der Waals surface area contributed by atoms with Gasteiger partial charge in [0.1, 0.15) is 0 Å². The van der Waals surface area contributed by atoms with Gasteiger partial charge in [0.25, 0.3) is 0 Å². The number of rotatable bonds is 5.